The lowest BCUT2D eigenvalue weighted by Gasteiger charge is -2.22. The third-order valence-corrected chi connectivity index (χ3v) is 6.48. The van der Waals surface area contributed by atoms with Crippen molar-refractivity contribution in [3.63, 3.8) is 0 Å². The van der Waals surface area contributed by atoms with Crippen LogP contribution in [0, 0.1) is 19.7 Å². The minimum atomic E-state index is -1.47. The number of carbonyl (C=O) groups is 4. The molecule has 1 aliphatic heterocycles. The molecule has 2 aromatic carbocycles. The average Bonchev–Trinajstić information content (AvgIpc) is 3.23. The molecule has 0 aliphatic carbocycles. The van der Waals surface area contributed by atoms with Crippen molar-refractivity contribution in [2.75, 3.05) is 6.54 Å². The maximum atomic E-state index is 13.6. The Balaban J connectivity index is 1.62. The molecular formula is C25H22ClFN4O4. The normalized spacial score (nSPS) is 17.6. The Morgan fingerprint density at radius 3 is 2.49 bits per heavy atom. The van der Waals surface area contributed by atoms with Crippen LogP contribution >= 0.6 is 11.6 Å². The van der Waals surface area contributed by atoms with E-state index in [2.05, 4.69) is 5.32 Å². The zero-order chi connectivity index (χ0) is 25.7. The molecule has 3 aromatic rings. The highest BCUT2D eigenvalue weighted by Crippen LogP contribution is 2.30. The number of amides is 4. The molecule has 3 N–H and O–H groups in total. The number of hydrogen-bond acceptors (Lipinski definition) is 4. The fraction of sp³-hybridized carbons (Fsp3) is 0.200. The first-order valence-electron chi connectivity index (χ1n) is 10.7. The molecule has 1 aromatic heterocycles. The average molecular weight is 497 g/mol. The van der Waals surface area contributed by atoms with Gasteiger partial charge in [-0.15, -0.1) is 0 Å². The van der Waals surface area contributed by atoms with Crippen molar-refractivity contribution < 1.29 is 23.6 Å². The van der Waals surface area contributed by atoms with Crippen molar-refractivity contribution in [2.24, 2.45) is 5.73 Å². The summed E-state index contributed by atoms with van der Waals surface area (Å²) < 4.78 is 15.3. The number of aryl methyl sites for hydroxylation is 1. The van der Waals surface area contributed by atoms with Crippen molar-refractivity contribution >= 4 is 35.2 Å². The summed E-state index contributed by atoms with van der Waals surface area (Å²) in [5.41, 5.74) is 6.56. The standard InChI is InChI=1S/C25H22ClFN4O4/c1-13-9-18(14(2)31(13)17-7-8-20(27)19(26)11-17)21(32)12-30-23(34)25(3,29-24(30)35)16-6-4-5-15(10-16)22(28)33/h4-11H,12H2,1-3H3,(H2,28,33)(H,29,35). The second-order valence-corrected chi connectivity index (χ2v) is 8.94. The molecule has 2 heterocycles. The van der Waals surface area contributed by atoms with Crippen LogP contribution in [-0.4, -0.2) is 39.6 Å². The van der Waals surface area contributed by atoms with Crippen LogP contribution in [0.15, 0.2) is 48.5 Å². The number of hydrogen-bond donors (Lipinski definition) is 2. The van der Waals surface area contributed by atoms with E-state index < -0.39 is 41.5 Å². The first-order chi connectivity index (χ1) is 16.4. The zero-order valence-corrected chi connectivity index (χ0v) is 19.9. The fourth-order valence-electron chi connectivity index (χ4n) is 4.31. The SMILES string of the molecule is Cc1cc(C(=O)CN2C(=O)NC(C)(c3cccc(C(N)=O)c3)C2=O)c(C)n1-c1ccc(F)c(Cl)c1. The van der Waals surface area contributed by atoms with Gasteiger partial charge in [0.2, 0.25) is 5.91 Å². The summed E-state index contributed by atoms with van der Waals surface area (Å²) in [7, 11) is 0. The molecule has 35 heavy (non-hydrogen) atoms. The lowest BCUT2D eigenvalue weighted by atomic mass is 9.90. The summed E-state index contributed by atoms with van der Waals surface area (Å²) in [5.74, 6) is -2.30. The smallest absolute Gasteiger partial charge is 0.325 e. The molecule has 0 bridgehead atoms. The molecule has 1 saturated heterocycles. The Morgan fingerprint density at radius 2 is 1.83 bits per heavy atom. The number of benzene rings is 2. The Hall–Kier alpha value is -3.98. The van der Waals surface area contributed by atoms with Crippen LogP contribution in [0.2, 0.25) is 5.02 Å². The third kappa shape index (κ3) is 4.08. The van der Waals surface area contributed by atoms with E-state index in [0.717, 1.165) is 4.90 Å². The van der Waals surface area contributed by atoms with Crippen LogP contribution in [0.5, 0.6) is 0 Å². The molecule has 1 fully saturated rings. The minimum Gasteiger partial charge on any atom is -0.366 e. The summed E-state index contributed by atoms with van der Waals surface area (Å²) in [6.07, 6.45) is 0. The fourth-order valence-corrected chi connectivity index (χ4v) is 4.49. The van der Waals surface area contributed by atoms with Crippen molar-refractivity contribution in [3.05, 3.63) is 87.4 Å². The van der Waals surface area contributed by atoms with E-state index in [0.29, 0.717) is 28.2 Å². The van der Waals surface area contributed by atoms with Crippen LogP contribution in [0.3, 0.4) is 0 Å². The molecule has 1 unspecified atom stereocenters. The summed E-state index contributed by atoms with van der Waals surface area (Å²) >= 11 is 5.92. The summed E-state index contributed by atoms with van der Waals surface area (Å²) in [4.78, 5) is 51.5. The molecule has 10 heteroatoms. The number of primary amides is 1. The van der Waals surface area contributed by atoms with E-state index in [9.17, 15) is 23.6 Å². The van der Waals surface area contributed by atoms with Crippen molar-refractivity contribution in [1.82, 2.24) is 14.8 Å². The molecule has 8 nitrogen and oxygen atoms in total. The van der Waals surface area contributed by atoms with Gasteiger partial charge < -0.3 is 15.6 Å². The Morgan fingerprint density at radius 1 is 1.11 bits per heavy atom. The number of imide groups is 1. The Labute approximate surface area is 205 Å². The second kappa shape index (κ2) is 8.66. The lowest BCUT2D eigenvalue weighted by molar-refractivity contribution is -0.130. The molecular weight excluding hydrogens is 475 g/mol. The number of carbonyl (C=O) groups excluding carboxylic acids is 4. The van der Waals surface area contributed by atoms with E-state index in [1.165, 1.54) is 31.2 Å². The Bertz CT molecular complexity index is 1420. The second-order valence-electron chi connectivity index (χ2n) is 8.53. The number of nitrogens with zero attached hydrogens (tertiary/aromatic N) is 2. The van der Waals surface area contributed by atoms with Gasteiger partial charge in [0.1, 0.15) is 11.4 Å². The van der Waals surface area contributed by atoms with Crippen molar-refractivity contribution in [3.8, 4) is 5.69 Å². The van der Waals surface area contributed by atoms with Crippen LogP contribution < -0.4 is 11.1 Å². The highest BCUT2D eigenvalue weighted by atomic mass is 35.5. The number of aromatic nitrogens is 1. The van der Waals surface area contributed by atoms with Crippen LogP contribution in [0.25, 0.3) is 5.69 Å². The maximum Gasteiger partial charge on any atom is 0.325 e. The molecule has 1 atom stereocenters. The number of nitrogens with two attached hydrogens (primary N) is 1. The van der Waals surface area contributed by atoms with Gasteiger partial charge in [0, 0.05) is 28.2 Å². The van der Waals surface area contributed by atoms with Crippen LogP contribution in [0.1, 0.15) is 44.6 Å². The van der Waals surface area contributed by atoms with E-state index in [1.807, 2.05) is 0 Å². The lowest BCUT2D eigenvalue weighted by Crippen LogP contribution is -2.41. The van der Waals surface area contributed by atoms with Crippen molar-refractivity contribution in [1.29, 1.82) is 0 Å². The largest absolute Gasteiger partial charge is 0.366 e. The van der Waals surface area contributed by atoms with Gasteiger partial charge in [-0.05, 0) is 62.7 Å². The van der Waals surface area contributed by atoms with Crippen molar-refractivity contribution in [2.45, 2.75) is 26.3 Å². The van der Waals surface area contributed by atoms with E-state index in [1.54, 1.807) is 42.7 Å². The van der Waals surface area contributed by atoms with Gasteiger partial charge in [0.05, 0.1) is 11.6 Å². The third-order valence-electron chi connectivity index (χ3n) is 6.19. The number of nitrogens with one attached hydrogen (secondary N) is 1. The number of urea groups is 1. The first kappa shape index (κ1) is 24.2. The van der Waals surface area contributed by atoms with Gasteiger partial charge in [-0.1, -0.05) is 23.7 Å². The summed E-state index contributed by atoms with van der Waals surface area (Å²) in [5, 5.41) is 2.56. The number of halogens is 2. The molecule has 0 radical (unpaired) electrons. The minimum absolute atomic E-state index is 0.0538. The van der Waals surface area contributed by atoms with Gasteiger partial charge in [-0.2, -0.15) is 0 Å². The van der Waals surface area contributed by atoms with E-state index in [4.69, 9.17) is 17.3 Å². The zero-order valence-electron chi connectivity index (χ0n) is 19.2. The van der Waals surface area contributed by atoms with Crippen LogP contribution in [0.4, 0.5) is 9.18 Å². The predicted molar refractivity (Wildman–Crippen MR) is 127 cm³/mol. The number of ketones is 1. The molecule has 0 saturated carbocycles. The molecule has 4 amide bonds. The summed E-state index contributed by atoms with van der Waals surface area (Å²) in [6, 6.07) is 11.2. The monoisotopic (exact) mass is 496 g/mol. The highest BCUT2D eigenvalue weighted by Gasteiger charge is 2.49. The van der Waals surface area contributed by atoms with Gasteiger partial charge in [-0.3, -0.25) is 19.3 Å². The van der Waals surface area contributed by atoms with Gasteiger partial charge in [0.25, 0.3) is 5.91 Å². The van der Waals surface area contributed by atoms with E-state index in [-0.39, 0.29) is 10.6 Å². The molecule has 180 valence electrons. The quantitative estimate of drug-likeness (QED) is 0.400. The van der Waals surface area contributed by atoms with E-state index >= 15 is 0 Å². The van der Waals surface area contributed by atoms with Gasteiger partial charge in [-0.25, -0.2) is 9.18 Å². The number of rotatable bonds is 6. The highest BCUT2D eigenvalue weighted by molar-refractivity contribution is 6.30. The maximum absolute atomic E-state index is 13.6. The molecule has 4 rings (SSSR count). The Kier molecular flexibility index (Phi) is 5.98. The topological polar surface area (TPSA) is 114 Å². The first-order valence-corrected chi connectivity index (χ1v) is 11.0. The van der Waals surface area contributed by atoms with Gasteiger partial charge >= 0.3 is 6.03 Å². The predicted octanol–water partition coefficient (Wildman–Crippen LogP) is 3.64. The number of Topliss-reactive ketones (excluding diaryl/α,β-unsaturated/α-hetero) is 1. The summed E-state index contributed by atoms with van der Waals surface area (Å²) in [6.45, 7) is 4.51. The van der Waals surface area contributed by atoms with Crippen LogP contribution in [-0.2, 0) is 10.3 Å². The van der Waals surface area contributed by atoms with Gasteiger partial charge in [0.15, 0.2) is 5.78 Å². The molecule has 1 aliphatic rings. The molecule has 0 spiro atoms.